The minimum Gasteiger partial charge on any atom is -0.497 e. The molecular weight excluding hydrogens is 500 g/mol. The third-order valence-corrected chi connectivity index (χ3v) is 8.38. The van der Waals surface area contributed by atoms with Gasteiger partial charge in [0.2, 0.25) is 0 Å². The summed E-state index contributed by atoms with van der Waals surface area (Å²) >= 11 is 1.48. The van der Waals surface area contributed by atoms with Crippen LogP contribution in [0, 0.1) is 5.92 Å². The van der Waals surface area contributed by atoms with Crippen LogP contribution in [-0.2, 0) is 17.6 Å². The maximum atomic E-state index is 13.8. The number of hydrogen-bond donors (Lipinski definition) is 1. The topological polar surface area (TPSA) is 86.8 Å². The molecule has 7 nitrogen and oxygen atoms in total. The zero-order chi connectivity index (χ0) is 26.8. The number of anilines is 1. The van der Waals surface area contributed by atoms with E-state index < -0.39 is 5.97 Å². The second-order valence-electron chi connectivity index (χ2n) is 9.31. The number of thiophene rings is 1. The lowest BCUT2D eigenvalue weighted by Gasteiger charge is -2.20. The molecule has 38 heavy (non-hydrogen) atoms. The fourth-order valence-electron chi connectivity index (χ4n) is 5.09. The predicted molar refractivity (Wildman–Crippen MR) is 150 cm³/mol. The third-order valence-electron chi connectivity index (χ3n) is 7.21. The van der Waals surface area contributed by atoms with Crippen molar-refractivity contribution in [1.82, 2.24) is 4.98 Å². The summed E-state index contributed by atoms with van der Waals surface area (Å²) in [4.78, 5) is 32.6. The van der Waals surface area contributed by atoms with Crippen LogP contribution in [0.2, 0.25) is 0 Å². The highest BCUT2D eigenvalue weighted by molar-refractivity contribution is 7.17. The molecule has 2 aromatic heterocycles. The first-order valence-corrected chi connectivity index (χ1v) is 13.4. The molecule has 5 rings (SSSR count). The molecule has 196 valence electrons. The molecule has 0 radical (unpaired) electrons. The zero-order valence-corrected chi connectivity index (χ0v) is 22.7. The number of pyridine rings is 1. The van der Waals surface area contributed by atoms with Gasteiger partial charge in [0.15, 0.2) is 0 Å². The molecule has 2 heterocycles. The number of nitrogens with one attached hydrogen (secondary N) is 1. The first kappa shape index (κ1) is 25.7. The summed E-state index contributed by atoms with van der Waals surface area (Å²) in [6.07, 6.45) is 3.84. The maximum Gasteiger partial charge on any atom is 0.341 e. The van der Waals surface area contributed by atoms with Gasteiger partial charge in [-0.05, 0) is 55.0 Å². The molecule has 2 aromatic carbocycles. The van der Waals surface area contributed by atoms with E-state index in [0.29, 0.717) is 50.1 Å². The second-order valence-corrected chi connectivity index (χ2v) is 10.4. The molecule has 1 aliphatic rings. The molecule has 0 saturated heterocycles. The number of fused-ring (bicyclic) bond motifs is 2. The predicted octanol–water partition coefficient (Wildman–Crippen LogP) is 6.53. The van der Waals surface area contributed by atoms with Crippen LogP contribution in [0.1, 0.15) is 50.9 Å². The Bertz CT molecular complexity index is 1530. The van der Waals surface area contributed by atoms with E-state index in [-0.39, 0.29) is 5.91 Å². The van der Waals surface area contributed by atoms with Gasteiger partial charge < -0.3 is 19.5 Å². The Labute approximate surface area is 225 Å². The second kappa shape index (κ2) is 10.8. The van der Waals surface area contributed by atoms with Crippen molar-refractivity contribution in [3.8, 4) is 22.8 Å². The fourth-order valence-corrected chi connectivity index (χ4v) is 6.44. The molecule has 1 N–H and O–H groups in total. The number of esters is 1. The Hall–Kier alpha value is -3.91. The molecule has 1 aliphatic carbocycles. The SMILES string of the molecule is CC[C@H]1CCc2c(sc(NC(=O)c3cc(-c4ccc(OC)cc4OC)nc4ccccc34)c2C(=O)OC)C1. The lowest BCUT2D eigenvalue weighted by Crippen LogP contribution is -2.17. The van der Waals surface area contributed by atoms with Crippen LogP contribution >= 0.6 is 11.3 Å². The van der Waals surface area contributed by atoms with Gasteiger partial charge in [0.05, 0.1) is 43.7 Å². The van der Waals surface area contributed by atoms with Crippen LogP contribution in [0.3, 0.4) is 0 Å². The number of carbonyl (C=O) groups excluding carboxylic acids is 2. The van der Waals surface area contributed by atoms with Crippen LogP contribution < -0.4 is 14.8 Å². The Morgan fingerprint density at radius 1 is 1.08 bits per heavy atom. The number of nitrogens with zero attached hydrogens (tertiary/aromatic N) is 1. The van der Waals surface area contributed by atoms with Crippen LogP contribution in [0.25, 0.3) is 22.2 Å². The normalized spacial score (nSPS) is 14.6. The minimum absolute atomic E-state index is 0.312. The van der Waals surface area contributed by atoms with Gasteiger partial charge in [0.1, 0.15) is 16.5 Å². The molecular formula is C30H30N2O5S. The van der Waals surface area contributed by atoms with Crippen LogP contribution in [0.5, 0.6) is 11.5 Å². The van der Waals surface area contributed by atoms with Gasteiger partial charge in [-0.25, -0.2) is 9.78 Å². The van der Waals surface area contributed by atoms with E-state index in [0.717, 1.165) is 41.7 Å². The monoisotopic (exact) mass is 530 g/mol. The molecule has 8 heteroatoms. The standard InChI is InChI=1S/C30H30N2O5S/c1-5-17-10-12-21-26(14-17)38-29(27(21)30(34)37-4)32-28(33)22-16-24(31-23-9-7-6-8-19(22)23)20-13-11-18(35-2)15-25(20)36-3/h6-9,11,13,15-17H,5,10,12,14H2,1-4H3,(H,32,33)/t17-/m0/s1. The van der Waals surface area contributed by atoms with E-state index in [2.05, 4.69) is 12.2 Å². The lowest BCUT2D eigenvalue weighted by molar-refractivity contribution is 0.0600. The van der Waals surface area contributed by atoms with E-state index >= 15 is 0 Å². The molecule has 1 amide bonds. The van der Waals surface area contributed by atoms with E-state index in [4.69, 9.17) is 19.2 Å². The molecule has 4 aromatic rings. The highest BCUT2D eigenvalue weighted by Gasteiger charge is 2.30. The van der Waals surface area contributed by atoms with Gasteiger partial charge in [0.25, 0.3) is 5.91 Å². The third kappa shape index (κ3) is 4.72. The fraction of sp³-hybridized carbons (Fsp3) is 0.300. The van der Waals surface area contributed by atoms with Crippen molar-refractivity contribution in [2.24, 2.45) is 5.92 Å². The number of amides is 1. The molecule has 0 fully saturated rings. The lowest BCUT2D eigenvalue weighted by atomic mass is 9.85. The molecule has 0 unspecified atom stereocenters. The number of benzene rings is 2. The van der Waals surface area contributed by atoms with Gasteiger partial charge in [-0.2, -0.15) is 0 Å². The minimum atomic E-state index is -0.420. The molecule has 0 spiro atoms. The first-order chi connectivity index (χ1) is 18.5. The number of rotatable bonds is 7. The van der Waals surface area contributed by atoms with Crippen molar-refractivity contribution in [2.45, 2.75) is 32.6 Å². The van der Waals surface area contributed by atoms with Crippen LogP contribution in [0.15, 0.2) is 48.5 Å². The van der Waals surface area contributed by atoms with E-state index in [1.165, 1.54) is 18.4 Å². The molecule has 0 saturated carbocycles. The molecule has 1 atom stereocenters. The quantitative estimate of drug-likeness (QED) is 0.273. The van der Waals surface area contributed by atoms with Crippen LogP contribution in [-0.4, -0.2) is 38.2 Å². The Kier molecular flexibility index (Phi) is 7.33. The summed E-state index contributed by atoms with van der Waals surface area (Å²) in [6, 6.07) is 14.8. The van der Waals surface area contributed by atoms with E-state index in [1.807, 2.05) is 36.4 Å². The van der Waals surface area contributed by atoms with Gasteiger partial charge in [0, 0.05) is 21.9 Å². The Balaban J connectivity index is 1.59. The number of aromatic nitrogens is 1. The van der Waals surface area contributed by atoms with E-state index in [1.54, 1.807) is 26.4 Å². The summed E-state index contributed by atoms with van der Waals surface area (Å²) in [6.45, 7) is 2.19. The van der Waals surface area contributed by atoms with Crippen LogP contribution in [0.4, 0.5) is 5.00 Å². The Morgan fingerprint density at radius 2 is 1.89 bits per heavy atom. The first-order valence-electron chi connectivity index (χ1n) is 12.6. The smallest absolute Gasteiger partial charge is 0.341 e. The van der Waals surface area contributed by atoms with Gasteiger partial charge in [-0.3, -0.25) is 4.79 Å². The molecule has 0 bridgehead atoms. The molecule has 0 aliphatic heterocycles. The number of para-hydroxylation sites is 1. The number of methoxy groups -OCH3 is 3. The average Bonchev–Trinajstić information content (AvgIpc) is 3.32. The summed E-state index contributed by atoms with van der Waals surface area (Å²) in [5, 5.41) is 4.30. The van der Waals surface area contributed by atoms with Crippen molar-refractivity contribution in [1.29, 1.82) is 0 Å². The van der Waals surface area contributed by atoms with Crippen molar-refractivity contribution in [3.63, 3.8) is 0 Å². The maximum absolute atomic E-state index is 13.8. The van der Waals surface area contributed by atoms with Gasteiger partial charge in [-0.1, -0.05) is 31.5 Å². The summed E-state index contributed by atoms with van der Waals surface area (Å²) in [5.41, 5.74) is 3.95. The highest BCUT2D eigenvalue weighted by Crippen LogP contribution is 2.41. The van der Waals surface area contributed by atoms with Crippen molar-refractivity contribution >= 4 is 39.1 Å². The van der Waals surface area contributed by atoms with Crippen molar-refractivity contribution in [2.75, 3.05) is 26.6 Å². The summed E-state index contributed by atoms with van der Waals surface area (Å²) < 4.78 is 16.0. The summed E-state index contributed by atoms with van der Waals surface area (Å²) in [5.74, 6) is 1.10. The number of hydrogen-bond acceptors (Lipinski definition) is 7. The van der Waals surface area contributed by atoms with E-state index in [9.17, 15) is 9.59 Å². The average molecular weight is 531 g/mol. The number of ether oxygens (including phenoxy) is 3. The van der Waals surface area contributed by atoms with Crippen molar-refractivity contribution in [3.05, 3.63) is 70.1 Å². The van der Waals surface area contributed by atoms with Gasteiger partial charge in [-0.15, -0.1) is 11.3 Å². The highest BCUT2D eigenvalue weighted by atomic mass is 32.1. The van der Waals surface area contributed by atoms with Crippen molar-refractivity contribution < 1.29 is 23.8 Å². The summed E-state index contributed by atoms with van der Waals surface area (Å²) in [7, 11) is 4.56. The largest absolute Gasteiger partial charge is 0.497 e. The number of carbonyl (C=O) groups is 2. The van der Waals surface area contributed by atoms with Gasteiger partial charge >= 0.3 is 5.97 Å². The Morgan fingerprint density at radius 3 is 2.63 bits per heavy atom. The zero-order valence-electron chi connectivity index (χ0n) is 21.9.